The van der Waals surface area contributed by atoms with Crippen LogP contribution in [0.3, 0.4) is 0 Å². The van der Waals surface area contributed by atoms with E-state index < -0.39 is 0 Å². The van der Waals surface area contributed by atoms with E-state index in [0.717, 1.165) is 32.1 Å². The van der Waals surface area contributed by atoms with E-state index in [-0.39, 0.29) is 19.3 Å². The van der Waals surface area contributed by atoms with Crippen LogP contribution in [0.1, 0.15) is 32.1 Å². The maximum atomic E-state index is 8.57. The van der Waals surface area contributed by atoms with Crippen LogP contribution in [0.15, 0.2) is 0 Å². The van der Waals surface area contributed by atoms with E-state index in [2.05, 4.69) is 0 Å². The van der Waals surface area contributed by atoms with Gasteiger partial charge in [0.1, 0.15) is 0 Å². The largest absolute Gasteiger partial charge is 0.396 e. The Kier molecular flexibility index (Phi) is 7.89. The van der Waals surface area contributed by atoms with Gasteiger partial charge in [-0.05, 0) is 12.8 Å². The van der Waals surface area contributed by atoms with Crippen molar-refractivity contribution in [2.45, 2.75) is 38.1 Å². The fraction of sp³-hybridized carbons (Fsp3) is 1.00. The summed E-state index contributed by atoms with van der Waals surface area (Å²) in [6.07, 6.45) is 5.00. The first-order valence-electron chi connectivity index (χ1n) is 4.28. The van der Waals surface area contributed by atoms with Crippen LogP contribution in [0.4, 0.5) is 0 Å². The Bertz CT molecular complexity index is 78.5. The van der Waals surface area contributed by atoms with Gasteiger partial charge in [0, 0.05) is 12.6 Å². The molecule has 0 saturated carbocycles. The number of nitrogens with two attached hydrogens (primary N) is 1. The summed E-state index contributed by atoms with van der Waals surface area (Å²) in [4.78, 5) is 0. The predicted molar refractivity (Wildman–Crippen MR) is 45.2 cm³/mol. The molecule has 0 aromatic heterocycles. The molecular weight excluding hydrogens is 142 g/mol. The normalized spacial score (nSPS) is 13.4. The topological polar surface area (TPSA) is 66.5 Å². The molecule has 0 amide bonds. The van der Waals surface area contributed by atoms with Crippen LogP contribution in [-0.2, 0) is 0 Å². The van der Waals surface area contributed by atoms with Crippen molar-refractivity contribution in [3.63, 3.8) is 0 Å². The molecule has 4 N–H and O–H groups in total. The van der Waals surface area contributed by atoms with Crippen LogP contribution in [0, 0.1) is 0 Å². The third-order valence-corrected chi connectivity index (χ3v) is 1.72. The molecule has 1 unspecified atom stereocenters. The highest BCUT2D eigenvalue weighted by atomic mass is 16.3. The average Bonchev–Trinajstić information content (AvgIpc) is 2.04. The van der Waals surface area contributed by atoms with Gasteiger partial charge in [0.2, 0.25) is 0 Å². The second-order valence-corrected chi connectivity index (χ2v) is 2.87. The third-order valence-electron chi connectivity index (χ3n) is 1.72. The van der Waals surface area contributed by atoms with Crippen molar-refractivity contribution in [3.8, 4) is 0 Å². The fourth-order valence-electron chi connectivity index (χ4n) is 0.963. The smallest absolute Gasteiger partial charge is 0.0582 e. The Morgan fingerprint density at radius 3 is 2.18 bits per heavy atom. The number of hydrogen-bond acceptors (Lipinski definition) is 3. The van der Waals surface area contributed by atoms with Crippen molar-refractivity contribution in [1.82, 2.24) is 0 Å². The van der Waals surface area contributed by atoms with Crippen molar-refractivity contribution >= 4 is 0 Å². The Labute approximate surface area is 68.2 Å². The predicted octanol–water partition coefficient (Wildman–Crippen LogP) is 0.249. The van der Waals surface area contributed by atoms with E-state index >= 15 is 0 Å². The minimum Gasteiger partial charge on any atom is -0.396 e. The summed E-state index contributed by atoms with van der Waals surface area (Å²) in [5.41, 5.74) is 5.49. The molecule has 0 fully saturated rings. The molecule has 1 atom stereocenters. The minimum absolute atomic E-state index is 0.0517. The van der Waals surface area contributed by atoms with Gasteiger partial charge in [-0.25, -0.2) is 0 Å². The van der Waals surface area contributed by atoms with Crippen molar-refractivity contribution in [3.05, 3.63) is 0 Å². The molecule has 0 radical (unpaired) electrons. The van der Waals surface area contributed by atoms with E-state index in [1.54, 1.807) is 0 Å². The molecule has 0 aliphatic heterocycles. The quantitative estimate of drug-likeness (QED) is 0.469. The first-order chi connectivity index (χ1) is 5.31. The molecule has 68 valence electrons. The molecule has 3 nitrogen and oxygen atoms in total. The summed E-state index contributed by atoms with van der Waals surface area (Å²) < 4.78 is 0. The molecule has 0 heterocycles. The molecule has 0 spiro atoms. The van der Waals surface area contributed by atoms with E-state index in [4.69, 9.17) is 15.9 Å². The van der Waals surface area contributed by atoms with E-state index in [1.165, 1.54) is 0 Å². The molecule has 0 aromatic rings. The van der Waals surface area contributed by atoms with Crippen LogP contribution in [-0.4, -0.2) is 29.5 Å². The summed E-state index contributed by atoms with van der Waals surface area (Å²) >= 11 is 0. The minimum atomic E-state index is -0.0517. The van der Waals surface area contributed by atoms with Crippen molar-refractivity contribution in [2.75, 3.05) is 13.2 Å². The molecule has 0 aliphatic rings. The van der Waals surface area contributed by atoms with Crippen LogP contribution < -0.4 is 5.73 Å². The lowest BCUT2D eigenvalue weighted by atomic mass is 10.1. The van der Waals surface area contributed by atoms with Gasteiger partial charge < -0.3 is 15.9 Å². The Balaban J connectivity index is 2.89. The Morgan fingerprint density at radius 2 is 1.64 bits per heavy atom. The highest BCUT2D eigenvalue weighted by Gasteiger charge is 1.98. The molecule has 0 bridgehead atoms. The van der Waals surface area contributed by atoms with Gasteiger partial charge in [-0.1, -0.05) is 19.3 Å². The summed E-state index contributed by atoms with van der Waals surface area (Å²) in [5.74, 6) is 0. The van der Waals surface area contributed by atoms with Gasteiger partial charge in [0.25, 0.3) is 0 Å². The van der Waals surface area contributed by atoms with Crippen LogP contribution in [0.5, 0.6) is 0 Å². The number of rotatable bonds is 7. The van der Waals surface area contributed by atoms with E-state index in [1.807, 2.05) is 0 Å². The number of hydrogen-bond donors (Lipinski definition) is 3. The highest BCUT2D eigenvalue weighted by Crippen LogP contribution is 2.03. The lowest BCUT2D eigenvalue weighted by molar-refractivity contribution is 0.255. The lowest BCUT2D eigenvalue weighted by Gasteiger charge is -2.06. The maximum absolute atomic E-state index is 8.57. The zero-order chi connectivity index (χ0) is 8.53. The summed E-state index contributed by atoms with van der Waals surface area (Å²) in [6.45, 7) is 0.367. The molecule has 0 aromatic carbocycles. The van der Waals surface area contributed by atoms with Crippen molar-refractivity contribution in [1.29, 1.82) is 0 Å². The third kappa shape index (κ3) is 7.78. The summed E-state index contributed by atoms with van der Waals surface area (Å²) in [6, 6.07) is -0.0517. The molecule has 11 heavy (non-hydrogen) atoms. The number of unbranched alkanes of at least 4 members (excludes halogenated alkanes) is 3. The number of aliphatic hydroxyl groups is 2. The number of aliphatic hydroxyl groups excluding tert-OH is 2. The first-order valence-corrected chi connectivity index (χ1v) is 4.28. The van der Waals surface area contributed by atoms with E-state index in [0.29, 0.717) is 0 Å². The Morgan fingerprint density at radius 1 is 1.00 bits per heavy atom. The van der Waals surface area contributed by atoms with Gasteiger partial charge >= 0.3 is 0 Å². The molecule has 0 rings (SSSR count). The maximum Gasteiger partial charge on any atom is 0.0582 e. The fourth-order valence-corrected chi connectivity index (χ4v) is 0.963. The second-order valence-electron chi connectivity index (χ2n) is 2.87. The van der Waals surface area contributed by atoms with Crippen LogP contribution >= 0.6 is 0 Å². The van der Waals surface area contributed by atoms with Crippen LogP contribution in [0.25, 0.3) is 0 Å². The monoisotopic (exact) mass is 161 g/mol. The Hall–Kier alpha value is -0.120. The van der Waals surface area contributed by atoms with Gasteiger partial charge in [-0.15, -0.1) is 0 Å². The second kappa shape index (κ2) is 7.98. The van der Waals surface area contributed by atoms with Crippen molar-refractivity contribution < 1.29 is 10.2 Å². The standard InChI is InChI=1S/C8H19NO2/c9-8(7-11)5-3-1-2-4-6-10/h8,10-11H,1-7,9H2. The molecule has 3 heteroatoms. The van der Waals surface area contributed by atoms with Gasteiger partial charge in [-0.3, -0.25) is 0 Å². The highest BCUT2D eigenvalue weighted by molar-refractivity contribution is 4.58. The van der Waals surface area contributed by atoms with Crippen molar-refractivity contribution in [2.24, 2.45) is 5.73 Å². The SMILES string of the molecule is NC(CO)CCCCCCO. The zero-order valence-corrected chi connectivity index (χ0v) is 7.00. The van der Waals surface area contributed by atoms with Gasteiger partial charge in [0.05, 0.1) is 6.61 Å². The molecular formula is C8H19NO2. The van der Waals surface area contributed by atoms with Gasteiger partial charge in [0.15, 0.2) is 0 Å². The lowest BCUT2D eigenvalue weighted by Crippen LogP contribution is -2.23. The summed E-state index contributed by atoms with van der Waals surface area (Å²) in [5, 5.41) is 17.0. The summed E-state index contributed by atoms with van der Waals surface area (Å²) in [7, 11) is 0. The molecule has 0 saturated heterocycles. The van der Waals surface area contributed by atoms with Gasteiger partial charge in [-0.2, -0.15) is 0 Å². The zero-order valence-electron chi connectivity index (χ0n) is 7.00. The van der Waals surface area contributed by atoms with Crippen LogP contribution in [0.2, 0.25) is 0 Å². The molecule has 0 aliphatic carbocycles. The average molecular weight is 161 g/mol. The first kappa shape index (κ1) is 10.9. The van der Waals surface area contributed by atoms with E-state index in [9.17, 15) is 0 Å².